The predicted octanol–water partition coefficient (Wildman–Crippen LogP) is 4.54. The number of likely N-dealkylation sites (N-methyl/N-ethyl adjacent to an activating group) is 1. The molecule has 1 aromatic carbocycles. The average molecular weight is 388 g/mol. The first-order chi connectivity index (χ1) is 9.94. The van der Waals surface area contributed by atoms with Gasteiger partial charge in [0.15, 0.2) is 0 Å². The molecule has 1 N–H and O–H groups in total. The lowest BCUT2D eigenvalue weighted by molar-refractivity contribution is -0.117. The maximum Gasteiger partial charge on any atom is 0.238 e. The van der Waals surface area contributed by atoms with Gasteiger partial charge in [-0.1, -0.05) is 17.7 Å². The second kappa shape index (κ2) is 7.40. The molecule has 0 aliphatic rings. The van der Waals surface area contributed by atoms with Crippen molar-refractivity contribution in [2.75, 3.05) is 18.9 Å². The Morgan fingerprint density at radius 1 is 1.38 bits per heavy atom. The van der Waals surface area contributed by atoms with E-state index in [1.165, 1.54) is 11.3 Å². The Morgan fingerprint density at radius 3 is 2.76 bits per heavy atom. The van der Waals surface area contributed by atoms with E-state index in [0.717, 1.165) is 24.9 Å². The standard InChI is InChI=1S/C15H16BrClN2OS/c1-10-3-5-13(12(16)7-10)18-15(20)9-19(2)8-11-4-6-14(17)21-11/h3-7H,8-9H2,1-2H3,(H,18,20). The molecule has 0 unspecified atom stereocenters. The fourth-order valence-corrected chi connectivity index (χ4v) is 3.68. The fraction of sp³-hybridized carbons (Fsp3) is 0.267. The van der Waals surface area contributed by atoms with Gasteiger partial charge in [-0.2, -0.15) is 0 Å². The van der Waals surface area contributed by atoms with E-state index in [4.69, 9.17) is 11.6 Å². The molecule has 21 heavy (non-hydrogen) atoms. The van der Waals surface area contributed by atoms with Gasteiger partial charge in [0.1, 0.15) is 0 Å². The molecular weight excluding hydrogens is 372 g/mol. The van der Waals surface area contributed by atoms with Crippen LogP contribution in [0, 0.1) is 6.92 Å². The average Bonchev–Trinajstić information content (AvgIpc) is 2.78. The molecule has 0 atom stereocenters. The van der Waals surface area contributed by atoms with Crippen molar-refractivity contribution in [3.05, 3.63) is 49.6 Å². The van der Waals surface area contributed by atoms with E-state index in [1.807, 2.05) is 49.2 Å². The van der Waals surface area contributed by atoms with Crippen LogP contribution >= 0.6 is 38.9 Å². The first-order valence-electron chi connectivity index (χ1n) is 6.43. The van der Waals surface area contributed by atoms with Gasteiger partial charge in [0, 0.05) is 15.9 Å². The van der Waals surface area contributed by atoms with Crippen molar-refractivity contribution in [1.82, 2.24) is 4.90 Å². The maximum atomic E-state index is 12.1. The van der Waals surface area contributed by atoms with Crippen LogP contribution in [-0.2, 0) is 11.3 Å². The van der Waals surface area contributed by atoms with Crippen LogP contribution in [0.4, 0.5) is 5.69 Å². The van der Waals surface area contributed by atoms with Crippen molar-refractivity contribution >= 4 is 50.5 Å². The molecule has 2 rings (SSSR count). The van der Waals surface area contributed by atoms with Gasteiger partial charge < -0.3 is 5.32 Å². The van der Waals surface area contributed by atoms with Crippen molar-refractivity contribution in [2.45, 2.75) is 13.5 Å². The fourth-order valence-electron chi connectivity index (χ4n) is 1.92. The molecule has 1 heterocycles. The highest BCUT2D eigenvalue weighted by Gasteiger charge is 2.10. The molecule has 0 bridgehead atoms. The van der Waals surface area contributed by atoms with Crippen LogP contribution in [0.15, 0.2) is 34.8 Å². The number of nitrogens with one attached hydrogen (secondary N) is 1. The highest BCUT2D eigenvalue weighted by Crippen LogP contribution is 2.24. The number of hydrogen-bond acceptors (Lipinski definition) is 3. The van der Waals surface area contributed by atoms with Crippen LogP contribution in [-0.4, -0.2) is 24.4 Å². The third-order valence-corrected chi connectivity index (χ3v) is 4.74. The summed E-state index contributed by atoms with van der Waals surface area (Å²) in [5.41, 5.74) is 1.93. The Kier molecular flexibility index (Phi) is 5.81. The zero-order valence-corrected chi connectivity index (χ0v) is 15.0. The van der Waals surface area contributed by atoms with E-state index in [0.29, 0.717) is 13.1 Å². The monoisotopic (exact) mass is 386 g/mol. The number of nitrogens with zero attached hydrogens (tertiary/aromatic N) is 1. The molecule has 2 aromatic rings. The van der Waals surface area contributed by atoms with E-state index < -0.39 is 0 Å². The Balaban J connectivity index is 1.89. The molecule has 0 spiro atoms. The minimum atomic E-state index is -0.0373. The summed E-state index contributed by atoms with van der Waals surface area (Å²) in [6.07, 6.45) is 0. The normalized spacial score (nSPS) is 10.9. The summed E-state index contributed by atoms with van der Waals surface area (Å²) in [5.74, 6) is -0.0373. The summed E-state index contributed by atoms with van der Waals surface area (Å²) in [5, 5.41) is 2.91. The summed E-state index contributed by atoms with van der Waals surface area (Å²) in [6.45, 7) is 3.05. The van der Waals surface area contributed by atoms with Gasteiger partial charge in [-0.3, -0.25) is 9.69 Å². The Bertz CT molecular complexity index is 644. The smallest absolute Gasteiger partial charge is 0.238 e. The molecule has 0 saturated heterocycles. The van der Waals surface area contributed by atoms with E-state index in [-0.39, 0.29) is 5.91 Å². The van der Waals surface area contributed by atoms with Crippen LogP contribution < -0.4 is 5.32 Å². The number of thiophene rings is 1. The second-order valence-corrected chi connectivity index (χ2v) is 7.56. The molecule has 0 aliphatic heterocycles. The Morgan fingerprint density at radius 2 is 2.14 bits per heavy atom. The molecule has 0 aliphatic carbocycles. The van der Waals surface area contributed by atoms with Crippen LogP contribution in [0.2, 0.25) is 4.34 Å². The minimum absolute atomic E-state index is 0.0373. The Labute approximate surface area is 142 Å². The van der Waals surface area contributed by atoms with Gasteiger partial charge in [0.2, 0.25) is 5.91 Å². The molecule has 3 nitrogen and oxygen atoms in total. The molecule has 1 amide bonds. The molecule has 0 saturated carbocycles. The molecule has 0 radical (unpaired) electrons. The minimum Gasteiger partial charge on any atom is -0.324 e. The molecule has 112 valence electrons. The number of carbonyl (C=O) groups is 1. The number of halogens is 2. The summed E-state index contributed by atoms with van der Waals surface area (Å²) >= 11 is 10.9. The first kappa shape index (κ1) is 16.5. The number of benzene rings is 1. The highest BCUT2D eigenvalue weighted by atomic mass is 79.9. The molecule has 6 heteroatoms. The van der Waals surface area contributed by atoms with Gasteiger partial charge in [-0.25, -0.2) is 0 Å². The van der Waals surface area contributed by atoms with Crippen LogP contribution in [0.1, 0.15) is 10.4 Å². The number of hydrogen-bond donors (Lipinski definition) is 1. The van der Waals surface area contributed by atoms with Crippen LogP contribution in [0.3, 0.4) is 0 Å². The lowest BCUT2D eigenvalue weighted by Crippen LogP contribution is -2.29. The zero-order valence-electron chi connectivity index (χ0n) is 11.8. The number of aryl methyl sites for hydroxylation is 1. The number of carbonyl (C=O) groups excluding carboxylic acids is 1. The highest BCUT2D eigenvalue weighted by molar-refractivity contribution is 9.10. The molecule has 0 fully saturated rings. The van der Waals surface area contributed by atoms with E-state index in [1.54, 1.807) is 0 Å². The summed E-state index contributed by atoms with van der Waals surface area (Å²) in [6, 6.07) is 9.71. The lowest BCUT2D eigenvalue weighted by atomic mass is 10.2. The van der Waals surface area contributed by atoms with Crippen LogP contribution in [0.25, 0.3) is 0 Å². The summed E-state index contributed by atoms with van der Waals surface area (Å²) in [4.78, 5) is 15.2. The third kappa shape index (κ3) is 5.11. The van der Waals surface area contributed by atoms with E-state index in [2.05, 4.69) is 21.2 Å². The number of anilines is 1. The largest absolute Gasteiger partial charge is 0.324 e. The van der Waals surface area contributed by atoms with Gasteiger partial charge in [-0.15, -0.1) is 11.3 Å². The van der Waals surface area contributed by atoms with Crippen molar-refractivity contribution < 1.29 is 4.79 Å². The van der Waals surface area contributed by atoms with Gasteiger partial charge >= 0.3 is 0 Å². The number of rotatable bonds is 5. The SMILES string of the molecule is Cc1ccc(NC(=O)CN(C)Cc2ccc(Cl)s2)c(Br)c1. The van der Waals surface area contributed by atoms with Crippen molar-refractivity contribution in [3.63, 3.8) is 0 Å². The zero-order chi connectivity index (χ0) is 15.4. The van der Waals surface area contributed by atoms with E-state index in [9.17, 15) is 4.79 Å². The predicted molar refractivity (Wildman–Crippen MR) is 93.2 cm³/mol. The van der Waals surface area contributed by atoms with Gasteiger partial charge in [-0.05, 0) is 59.7 Å². The third-order valence-electron chi connectivity index (χ3n) is 2.87. The maximum absolute atomic E-state index is 12.1. The quantitative estimate of drug-likeness (QED) is 0.816. The van der Waals surface area contributed by atoms with Crippen LogP contribution in [0.5, 0.6) is 0 Å². The second-order valence-electron chi connectivity index (χ2n) is 4.91. The van der Waals surface area contributed by atoms with Gasteiger partial charge in [0.05, 0.1) is 16.6 Å². The molecule has 1 aromatic heterocycles. The Hall–Kier alpha value is -0.880. The number of amides is 1. The van der Waals surface area contributed by atoms with Crippen molar-refractivity contribution in [2.24, 2.45) is 0 Å². The van der Waals surface area contributed by atoms with Crippen molar-refractivity contribution in [3.8, 4) is 0 Å². The van der Waals surface area contributed by atoms with Crippen molar-refractivity contribution in [1.29, 1.82) is 0 Å². The summed E-state index contributed by atoms with van der Waals surface area (Å²) < 4.78 is 1.66. The van der Waals surface area contributed by atoms with Gasteiger partial charge in [0.25, 0.3) is 0 Å². The first-order valence-corrected chi connectivity index (χ1v) is 8.41. The lowest BCUT2D eigenvalue weighted by Gasteiger charge is -2.16. The molecular formula is C15H16BrClN2OS. The topological polar surface area (TPSA) is 32.3 Å². The van der Waals surface area contributed by atoms with E-state index >= 15 is 0 Å². The summed E-state index contributed by atoms with van der Waals surface area (Å²) in [7, 11) is 1.91.